The fraction of sp³-hybridized carbons (Fsp3) is 0. The van der Waals surface area contributed by atoms with E-state index >= 15 is 0 Å². The van der Waals surface area contributed by atoms with Crippen LogP contribution in [0.1, 0.15) is 0 Å². The molecule has 2 N–H and O–H groups in total. The van der Waals surface area contributed by atoms with Crippen molar-refractivity contribution in [2.24, 2.45) is 4.99 Å². The van der Waals surface area contributed by atoms with E-state index in [2.05, 4.69) is 52.8 Å². The summed E-state index contributed by atoms with van der Waals surface area (Å²) in [5.41, 5.74) is 6.43. The van der Waals surface area contributed by atoms with Gasteiger partial charge in [0.2, 0.25) is 0 Å². The lowest BCUT2D eigenvalue weighted by Crippen LogP contribution is -1.88. The van der Waals surface area contributed by atoms with E-state index < -0.39 is 4.87 Å². The summed E-state index contributed by atoms with van der Waals surface area (Å²) in [6.45, 7) is 0. The predicted molar refractivity (Wildman–Crippen MR) is 63.4 cm³/mol. The molecular formula is C7H4Br3FN2. The van der Waals surface area contributed by atoms with Crippen molar-refractivity contribution in [1.29, 1.82) is 0 Å². The molecule has 0 aliphatic carbocycles. The van der Waals surface area contributed by atoms with Gasteiger partial charge in [-0.25, -0.2) is 4.99 Å². The zero-order valence-electron chi connectivity index (χ0n) is 6.19. The van der Waals surface area contributed by atoms with Gasteiger partial charge in [0, 0.05) is 20.4 Å². The molecule has 13 heavy (non-hydrogen) atoms. The summed E-state index contributed by atoms with van der Waals surface area (Å²) in [5, 5.41) is 0. The first-order valence-corrected chi connectivity index (χ1v) is 5.53. The highest BCUT2D eigenvalue weighted by Gasteiger charge is 2.06. The first kappa shape index (κ1) is 11.1. The summed E-state index contributed by atoms with van der Waals surface area (Å²) in [5.74, 6) is 0. The zero-order valence-corrected chi connectivity index (χ0v) is 10.9. The van der Waals surface area contributed by atoms with Crippen LogP contribution in [0, 0.1) is 0 Å². The average Bonchev–Trinajstić information content (AvgIpc) is 2.06. The Morgan fingerprint density at radius 2 is 2.00 bits per heavy atom. The van der Waals surface area contributed by atoms with Crippen molar-refractivity contribution >= 4 is 64.0 Å². The molecule has 0 heterocycles. The highest BCUT2D eigenvalue weighted by Crippen LogP contribution is 2.36. The van der Waals surface area contributed by atoms with Crippen LogP contribution in [0.2, 0.25) is 0 Å². The standard InChI is InChI=1S/C7H4Br3FN2/c8-3-1-2-4(13-7(10)11)6(12)5(3)9/h1-2H,12H2/b13-7-. The molecule has 0 saturated heterocycles. The maximum atomic E-state index is 12.4. The molecule has 2 nitrogen and oxygen atoms in total. The van der Waals surface area contributed by atoms with Gasteiger partial charge in [0.1, 0.15) is 0 Å². The van der Waals surface area contributed by atoms with E-state index in [1.165, 1.54) is 0 Å². The Labute approximate surface area is 99.8 Å². The number of hydrogen-bond acceptors (Lipinski definition) is 2. The van der Waals surface area contributed by atoms with E-state index in [1.807, 2.05) is 0 Å². The van der Waals surface area contributed by atoms with Gasteiger partial charge in [-0.2, -0.15) is 4.39 Å². The van der Waals surface area contributed by atoms with Crippen LogP contribution < -0.4 is 5.73 Å². The minimum Gasteiger partial charge on any atom is -0.396 e. The van der Waals surface area contributed by atoms with Crippen LogP contribution >= 0.6 is 47.8 Å². The molecule has 0 saturated carbocycles. The number of aliphatic imine (C=N–C) groups is 1. The second kappa shape index (κ2) is 4.52. The smallest absolute Gasteiger partial charge is 0.256 e. The summed E-state index contributed by atoms with van der Waals surface area (Å²) in [6.07, 6.45) is 0. The fourth-order valence-electron chi connectivity index (χ4n) is 0.745. The van der Waals surface area contributed by atoms with Gasteiger partial charge in [0.15, 0.2) is 0 Å². The Kier molecular flexibility index (Phi) is 3.87. The number of nitrogens with zero attached hydrogens (tertiary/aromatic N) is 1. The SMILES string of the molecule is Nc1c(/N=C(\F)Br)ccc(Br)c1Br. The lowest BCUT2D eigenvalue weighted by atomic mass is 10.3. The summed E-state index contributed by atoms with van der Waals surface area (Å²) in [6, 6.07) is 3.35. The summed E-state index contributed by atoms with van der Waals surface area (Å²) in [7, 11) is 0. The quantitative estimate of drug-likeness (QED) is 0.582. The molecule has 0 unspecified atom stereocenters. The van der Waals surface area contributed by atoms with Crippen LogP contribution in [0.15, 0.2) is 26.1 Å². The number of halogens is 4. The fourth-order valence-corrected chi connectivity index (χ4v) is 1.62. The molecule has 0 spiro atoms. The molecule has 1 aromatic rings. The van der Waals surface area contributed by atoms with E-state index in [0.717, 1.165) is 4.47 Å². The normalized spacial score (nSPS) is 11.8. The topological polar surface area (TPSA) is 38.4 Å². The first-order chi connectivity index (χ1) is 6.02. The Balaban J connectivity index is 3.26. The highest BCUT2D eigenvalue weighted by atomic mass is 79.9. The minimum atomic E-state index is -0.701. The van der Waals surface area contributed by atoms with Gasteiger partial charge in [0.25, 0.3) is 4.87 Å². The molecule has 0 bridgehead atoms. The second-order valence-corrected chi connectivity index (χ2v) is 4.45. The maximum Gasteiger partial charge on any atom is 0.256 e. The van der Waals surface area contributed by atoms with Crippen molar-refractivity contribution in [2.45, 2.75) is 0 Å². The summed E-state index contributed by atoms with van der Waals surface area (Å²) in [4.78, 5) is 2.85. The molecule has 0 aliphatic heterocycles. The van der Waals surface area contributed by atoms with E-state index in [4.69, 9.17) is 5.73 Å². The lowest BCUT2D eigenvalue weighted by molar-refractivity contribution is 0.834. The van der Waals surface area contributed by atoms with Crippen molar-refractivity contribution in [3.63, 3.8) is 0 Å². The van der Waals surface area contributed by atoms with Crippen LogP contribution in [0.25, 0.3) is 0 Å². The van der Waals surface area contributed by atoms with Crippen LogP contribution in [0.5, 0.6) is 0 Å². The van der Waals surface area contributed by atoms with Gasteiger partial charge >= 0.3 is 0 Å². The first-order valence-electron chi connectivity index (χ1n) is 3.15. The number of benzene rings is 1. The largest absolute Gasteiger partial charge is 0.396 e. The third-order valence-electron chi connectivity index (χ3n) is 1.31. The maximum absolute atomic E-state index is 12.4. The number of rotatable bonds is 1. The van der Waals surface area contributed by atoms with Crippen LogP contribution in [0.4, 0.5) is 15.8 Å². The van der Waals surface area contributed by atoms with Gasteiger partial charge in [-0.05, 0) is 44.0 Å². The monoisotopic (exact) mass is 372 g/mol. The van der Waals surface area contributed by atoms with Crippen LogP contribution in [-0.4, -0.2) is 4.87 Å². The van der Waals surface area contributed by atoms with Gasteiger partial charge in [-0.3, -0.25) is 0 Å². The number of hydrogen-bond donors (Lipinski definition) is 1. The van der Waals surface area contributed by atoms with Crippen molar-refractivity contribution in [3.05, 3.63) is 21.1 Å². The zero-order chi connectivity index (χ0) is 10.0. The predicted octanol–water partition coefficient (Wildman–Crippen LogP) is 4.15. The van der Waals surface area contributed by atoms with Crippen LogP contribution in [0.3, 0.4) is 0 Å². The average molecular weight is 375 g/mol. The van der Waals surface area contributed by atoms with Gasteiger partial charge < -0.3 is 5.73 Å². The lowest BCUT2D eigenvalue weighted by Gasteiger charge is -2.03. The molecule has 1 aromatic carbocycles. The second-order valence-electron chi connectivity index (χ2n) is 2.15. The van der Waals surface area contributed by atoms with Crippen molar-refractivity contribution in [1.82, 2.24) is 0 Å². The van der Waals surface area contributed by atoms with E-state index in [1.54, 1.807) is 12.1 Å². The molecular weight excluding hydrogens is 371 g/mol. The van der Waals surface area contributed by atoms with Crippen LogP contribution in [-0.2, 0) is 0 Å². The summed E-state index contributed by atoms with van der Waals surface area (Å²) < 4.78 is 13.9. The van der Waals surface area contributed by atoms with Crippen molar-refractivity contribution in [2.75, 3.05) is 5.73 Å². The van der Waals surface area contributed by atoms with Gasteiger partial charge in [-0.15, -0.1) is 0 Å². The third kappa shape index (κ3) is 2.75. The van der Waals surface area contributed by atoms with Gasteiger partial charge in [-0.1, -0.05) is 0 Å². The summed E-state index contributed by atoms with van der Waals surface area (Å²) >= 11 is 9.10. The van der Waals surface area contributed by atoms with E-state index in [-0.39, 0.29) is 0 Å². The molecule has 70 valence electrons. The third-order valence-corrected chi connectivity index (χ3v) is 3.54. The van der Waals surface area contributed by atoms with Crippen molar-refractivity contribution in [3.8, 4) is 0 Å². The Hall–Kier alpha value is 0.0600. The Bertz CT molecular complexity index is 361. The molecule has 0 atom stereocenters. The van der Waals surface area contributed by atoms with E-state index in [0.29, 0.717) is 15.8 Å². The highest BCUT2D eigenvalue weighted by molar-refractivity contribution is 9.18. The molecule has 0 amide bonds. The van der Waals surface area contributed by atoms with E-state index in [9.17, 15) is 4.39 Å². The van der Waals surface area contributed by atoms with Gasteiger partial charge in [0.05, 0.1) is 15.8 Å². The molecule has 0 aliphatic rings. The van der Waals surface area contributed by atoms with Crippen molar-refractivity contribution < 1.29 is 4.39 Å². The number of anilines is 1. The molecule has 0 radical (unpaired) electrons. The molecule has 0 fully saturated rings. The number of nitrogens with two attached hydrogens (primary N) is 1. The Morgan fingerprint density at radius 1 is 1.38 bits per heavy atom. The minimum absolute atomic E-state index is 0.379. The number of nitrogen functional groups attached to an aromatic ring is 1. The molecule has 6 heteroatoms. The Morgan fingerprint density at radius 3 is 2.54 bits per heavy atom. The molecule has 0 aromatic heterocycles. The molecule has 1 rings (SSSR count).